The Morgan fingerprint density at radius 1 is 0.966 bits per heavy atom. The molecule has 0 spiro atoms. The van der Waals surface area contributed by atoms with E-state index in [0.717, 1.165) is 12.1 Å². The lowest BCUT2D eigenvalue weighted by Crippen LogP contribution is -2.50. The number of piperazine rings is 1. The molecule has 0 atom stereocenters. The van der Waals surface area contributed by atoms with Crippen LogP contribution < -0.4 is 0 Å². The van der Waals surface area contributed by atoms with Crippen LogP contribution in [0.3, 0.4) is 0 Å². The average molecular weight is 403 g/mol. The summed E-state index contributed by atoms with van der Waals surface area (Å²) in [5.41, 5.74) is 0.485. The number of carbonyl (C=O) groups excluding carboxylic acids is 2. The van der Waals surface area contributed by atoms with E-state index >= 15 is 0 Å². The molecule has 5 nitrogen and oxygen atoms in total. The van der Waals surface area contributed by atoms with Gasteiger partial charge in [0.15, 0.2) is 0 Å². The van der Waals surface area contributed by atoms with Gasteiger partial charge in [0.25, 0.3) is 0 Å². The Morgan fingerprint density at radius 2 is 1.62 bits per heavy atom. The van der Waals surface area contributed by atoms with Crippen LogP contribution in [0.15, 0.2) is 54.7 Å². The molecule has 1 aromatic heterocycles. The highest BCUT2D eigenvalue weighted by atomic mass is 19.4. The van der Waals surface area contributed by atoms with E-state index < -0.39 is 11.7 Å². The maximum atomic E-state index is 12.6. The van der Waals surface area contributed by atoms with Crippen molar-refractivity contribution in [2.45, 2.75) is 12.6 Å². The second kappa shape index (κ2) is 8.89. The molecule has 1 saturated heterocycles. The molecule has 1 aliphatic rings. The maximum absolute atomic E-state index is 12.6. The molecule has 0 bridgehead atoms. The normalized spacial score (nSPS) is 15.0. The SMILES string of the molecule is O=C(C=Cc1ccc(C(F)(F)F)cc1)N1CCN(C(=O)Cc2ccccn2)CC1. The lowest BCUT2D eigenvalue weighted by molar-refractivity contribution is -0.137. The fourth-order valence-corrected chi connectivity index (χ4v) is 3.00. The van der Waals surface area contributed by atoms with Crippen molar-refractivity contribution >= 4 is 17.9 Å². The van der Waals surface area contributed by atoms with Gasteiger partial charge in [0.05, 0.1) is 12.0 Å². The van der Waals surface area contributed by atoms with E-state index in [9.17, 15) is 22.8 Å². The van der Waals surface area contributed by atoms with E-state index in [1.54, 1.807) is 28.1 Å². The van der Waals surface area contributed by atoms with E-state index in [-0.39, 0.29) is 18.2 Å². The first-order valence-corrected chi connectivity index (χ1v) is 9.15. The number of benzene rings is 1. The molecule has 2 heterocycles. The van der Waals surface area contributed by atoms with Gasteiger partial charge in [-0.2, -0.15) is 13.2 Å². The van der Waals surface area contributed by atoms with Crippen molar-refractivity contribution in [3.8, 4) is 0 Å². The van der Waals surface area contributed by atoms with Gasteiger partial charge in [0.1, 0.15) is 0 Å². The van der Waals surface area contributed by atoms with Crippen molar-refractivity contribution in [3.63, 3.8) is 0 Å². The zero-order chi connectivity index (χ0) is 20.9. The number of carbonyl (C=O) groups is 2. The third kappa shape index (κ3) is 5.66. The molecule has 152 valence electrons. The van der Waals surface area contributed by atoms with Crippen LogP contribution in [0.4, 0.5) is 13.2 Å². The van der Waals surface area contributed by atoms with E-state index in [0.29, 0.717) is 37.4 Å². The predicted octanol–water partition coefficient (Wildman–Crippen LogP) is 3.03. The number of pyridine rings is 1. The lowest BCUT2D eigenvalue weighted by Gasteiger charge is -2.34. The number of hydrogen-bond donors (Lipinski definition) is 0. The number of halogens is 3. The first kappa shape index (κ1) is 20.6. The Bertz CT molecular complexity index is 872. The third-order valence-electron chi connectivity index (χ3n) is 4.66. The highest BCUT2D eigenvalue weighted by Crippen LogP contribution is 2.29. The minimum absolute atomic E-state index is 0.0314. The van der Waals surface area contributed by atoms with Crippen molar-refractivity contribution in [2.75, 3.05) is 26.2 Å². The maximum Gasteiger partial charge on any atom is 0.416 e. The van der Waals surface area contributed by atoms with Gasteiger partial charge in [-0.15, -0.1) is 0 Å². The van der Waals surface area contributed by atoms with Gasteiger partial charge in [-0.1, -0.05) is 18.2 Å². The van der Waals surface area contributed by atoms with Crippen LogP contribution in [0.25, 0.3) is 6.08 Å². The van der Waals surface area contributed by atoms with Crippen LogP contribution in [-0.2, 0) is 22.2 Å². The summed E-state index contributed by atoms with van der Waals surface area (Å²) in [6, 6.07) is 10.0. The third-order valence-corrected chi connectivity index (χ3v) is 4.66. The smallest absolute Gasteiger partial charge is 0.339 e. The summed E-state index contributed by atoms with van der Waals surface area (Å²) < 4.78 is 37.7. The number of alkyl halides is 3. The van der Waals surface area contributed by atoms with Gasteiger partial charge in [0.2, 0.25) is 11.8 Å². The van der Waals surface area contributed by atoms with Crippen molar-refractivity contribution in [2.24, 2.45) is 0 Å². The quantitative estimate of drug-likeness (QED) is 0.738. The first-order valence-electron chi connectivity index (χ1n) is 9.15. The van der Waals surface area contributed by atoms with Gasteiger partial charge in [-0.05, 0) is 35.9 Å². The highest BCUT2D eigenvalue weighted by Gasteiger charge is 2.29. The van der Waals surface area contributed by atoms with Crippen LogP contribution >= 0.6 is 0 Å². The molecule has 8 heteroatoms. The summed E-state index contributed by atoms with van der Waals surface area (Å²) in [7, 11) is 0. The summed E-state index contributed by atoms with van der Waals surface area (Å²) >= 11 is 0. The van der Waals surface area contributed by atoms with Gasteiger partial charge in [-0.3, -0.25) is 14.6 Å². The molecule has 2 aromatic rings. The number of amides is 2. The Hall–Kier alpha value is -3.16. The van der Waals surface area contributed by atoms with Gasteiger partial charge in [0, 0.05) is 44.1 Å². The van der Waals surface area contributed by atoms with Gasteiger partial charge >= 0.3 is 6.18 Å². The summed E-state index contributed by atoms with van der Waals surface area (Å²) in [5, 5.41) is 0. The number of hydrogen-bond acceptors (Lipinski definition) is 3. The van der Waals surface area contributed by atoms with Gasteiger partial charge in [-0.25, -0.2) is 0 Å². The molecule has 0 N–H and O–H groups in total. The summed E-state index contributed by atoms with van der Waals surface area (Å²) in [4.78, 5) is 32.1. The Balaban J connectivity index is 1.49. The summed E-state index contributed by atoms with van der Waals surface area (Å²) in [5.74, 6) is -0.266. The predicted molar refractivity (Wildman–Crippen MR) is 102 cm³/mol. The Labute approximate surface area is 166 Å². The topological polar surface area (TPSA) is 53.5 Å². The van der Waals surface area contributed by atoms with Crippen molar-refractivity contribution < 1.29 is 22.8 Å². The van der Waals surface area contributed by atoms with Crippen LogP contribution in [0.1, 0.15) is 16.8 Å². The largest absolute Gasteiger partial charge is 0.416 e. The highest BCUT2D eigenvalue weighted by molar-refractivity contribution is 5.92. The molecule has 0 unspecified atom stereocenters. The fourth-order valence-electron chi connectivity index (χ4n) is 3.00. The van der Waals surface area contributed by atoms with E-state index in [4.69, 9.17) is 0 Å². The van der Waals surface area contributed by atoms with E-state index in [1.165, 1.54) is 24.3 Å². The van der Waals surface area contributed by atoms with Crippen molar-refractivity contribution in [1.82, 2.24) is 14.8 Å². The first-order chi connectivity index (χ1) is 13.8. The van der Waals surface area contributed by atoms with E-state index in [2.05, 4.69) is 4.98 Å². The minimum atomic E-state index is -4.38. The molecule has 0 saturated carbocycles. The van der Waals surface area contributed by atoms with Crippen molar-refractivity contribution in [1.29, 1.82) is 0 Å². The Kier molecular flexibility index (Phi) is 6.31. The number of nitrogens with zero attached hydrogens (tertiary/aromatic N) is 3. The molecule has 0 aliphatic carbocycles. The molecule has 2 amide bonds. The van der Waals surface area contributed by atoms with Gasteiger partial charge < -0.3 is 9.80 Å². The van der Waals surface area contributed by atoms with Crippen LogP contribution in [0.2, 0.25) is 0 Å². The molecule has 1 aliphatic heterocycles. The molecular formula is C21H20F3N3O2. The molecule has 3 rings (SSSR count). The summed E-state index contributed by atoms with van der Waals surface area (Å²) in [6.07, 6.45) is 0.311. The van der Waals surface area contributed by atoms with Crippen LogP contribution in [0, 0.1) is 0 Å². The molecule has 0 radical (unpaired) electrons. The molecule has 1 fully saturated rings. The second-order valence-corrected chi connectivity index (χ2v) is 6.66. The van der Waals surface area contributed by atoms with E-state index in [1.807, 2.05) is 6.07 Å². The molecule has 1 aromatic carbocycles. The molecular weight excluding hydrogens is 383 g/mol. The fraction of sp³-hybridized carbons (Fsp3) is 0.286. The molecule has 29 heavy (non-hydrogen) atoms. The standard InChI is InChI=1S/C21H20F3N3O2/c22-21(23,24)17-7-4-16(5-8-17)6-9-19(28)26-11-13-27(14-12-26)20(29)15-18-3-1-2-10-25-18/h1-10H,11-15H2. The zero-order valence-electron chi connectivity index (χ0n) is 15.6. The Morgan fingerprint density at radius 3 is 2.21 bits per heavy atom. The zero-order valence-corrected chi connectivity index (χ0v) is 15.6. The van der Waals surface area contributed by atoms with Crippen molar-refractivity contribution in [3.05, 3.63) is 71.6 Å². The minimum Gasteiger partial charge on any atom is -0.339 e. The second-order valence-electron chi connectivity index (χ2n) is 6.66. The lowest BCUT2D eigenvalue weighted by atomic mass is 10.1. The number of rotatable bonds is 4. The monoisotopic (exact) mass is 403 g/mol. The summed E-state index contributed by atoms with van der Waals surface area (Å²) in [6.45, 7) is 1.69. The van der Waals surface area contributed by atoms with Crippen LogP contribution in [0.5, 0.6) is 0 Å². The van der Waals surface area contributed by atoms with Crippen LogP contribution in [-0.4, -0.2) is 52.8 Å². The average Bonchev–Trinajstić information content (AvgIpc) is 2.72. The number of aromatic nitrogens is 1.